The number of hydrogen-bond acceptors (Lipinski definition) is 3. The van der Waals surface area contributed by atoms with Crippen molar-refractivity contribution in [2.24, 2.45) is 17.3 Å². The van der Waals surface area contributed by atoms with Gasteiger partial charge in [-0.3, -0.25) is 9.59 Å². The van der Waals surface area contributed by atoms with Gasteiger partial charge in [-0.1, -0.05) is 109 Å². The molecular weight excluding hydrogens is 494 g/mol. The Kier molecular flexibility index (Phi) is 46.9. The summed E-state index contributed by atoms with van der Waals surface area (Å²) < 4.78 is 0. The van der Waals surface area contributed by atoms with E-state index in [1.54, 1.807) is 0 Å². The van der Waals surface area contributed by atoms with Crippen molar-refractivity contribution in [2.45, 2.75) is 148 Å². The lowest BCUT2D eigenvalue weighted by Crippen LogP contribution is -2.31. The van der Waals surface area contributed by atoms with Gasteiger partial charge in [0.2, 0.25) is 12.8 Å². The van der Waals surface area contributed by atoms with Crippen molar-refractivity contribution >= 4 is 12.8 Å². The van der Waals surface area contributed by atoms with Gasteiger partial charge in [0, 0.05) is 24.3 Å². The molecule has 1 aliphatic carbocycles. The molecule has 1 saturated heterocycles. The maximum absolute atomic E-state index is 10.1. The molecule has 0 bridgehead atoms. The Bertz CT molecular complexity index is 547. The molecule has 5 nitrogen and oxygen atoms in total. The molecule has 0 aromatic carbocycles. The van der Waals surface area contributed by atoms with Gasteiger partial charge >= 0.3 is 0 Å². The highest BCUT2D eigenvalue weighted by molar-refractivity contribution is 5.47. The third-order valence-corrected chi connectivity index (χ3v) is 5.12. The zero-order chi connectivity index (χ0) is 33.3. The molecule has 2 atom stereocenters. The van der Waals surface area contributed by atoms with Crippen LogP contribution in [0.15, 0.2) is 37.6 Å². The molecule has 0 spiro atoms. The first-order chi connectivity index (χ1) is 18.6. The molecule has 0 unspecified atom stereocenters. The minimum atomic E-state index is 0.530. The van der Waals surface area contributed by atoms with Gasteiger partial charge in [0.1, 0.15) is 0 Å². The van der Waals surface area contributed by atoms with Crippen LogP contribution in [0, 0.1) is 17.3 Å². The van der Waals surface area contributed by atoms with Gasteiger partial charge < -0.3 is 15.5 Å². The Hall–Kier alpha value is -2.04. The summed E-state index contributed by atoms with van der Waals surface area (Å²) in [7, 11) is 0. The number of nitrogens with zero attached hydrogens (tertiary/aromatic N) is 1. The first kappa shape index (κ1) is 50.8. The van der Waals surface area contributed by atoms with E-state index in [-0.39, 0.29) is 0 Å². The predicted octanol–water partition coefficient (Wildman–Crippen LogP) is 9.80. The van der Waals surface area contributed by atoms with E-state index in [2.05, 4.69) is 111 Å². The van der Waals surface area contributed by atoms with Crippen LogP contribution in [0.1, 0.15) is 136 Å². The average Bonchev–Trinajstić information content (AvgIpc) is 3.67. The molecule has 1 heterocycles. The Morgan fingerprint density at radius 2 is 1.32 bits per heavy atom. The number of carbonyl (C=O) groups excluding carboxylic acids is 2. The van der Waals surface area contributed by atoms with Crippen molar-refractivity contribution < 1.29 is 9.59 Å². The first-order valence-electron chi connectivity index (χ1n) is 15.6. The number of nitrogens with one attached hydrogen (secondary N) is 2. The normalized spacial score (nSPS) is 15.9. The average molecular weight is 570 g/mol. The monoisotopic (exact) mass is 570 g/mol. The minimum absolute atomic E-state index is 0.530. The molecule has 0 aromatic rings. The SMILES string of the molecule is C=C.C=C(C)CC.C=C(CNC=O)N1C[C@@H](C)C[C@H]1C.CC.CC.CC(C)C.CCC(C)(C)C.O=CNC1CC1. The maximum atomic E-state index is 10.1. The van der Waals surface area contributed by atoms with Crippen molar-refractivity contribution in [1.29, 1.82) is 0 Å². The summed E-state index contributed by atoms with van der Waals surface area (Å²) in [5, 5.41) is 5.28. The molecule has 5 heteroatoms. The van der Waals surface area contributed by atoms with Crippen molar-refractivity contribution in [1.82, 2.24) is 15.5 Å². The van der Waals surface area contributed by atoms with E-state index in [1.165, 1.54) is 31.3 Å². The lowest BCUT2D eigenvalue weighted by atomic mass is 9.94. The van der Waals surface area contributed by atoms with E-state index in [9.17, 15) is 9.59 Å². The zero-order valence-corrected chi connectivity index (χ0v) is 30.0. The molecule has 0 radical (unpaired) electrons. The Morgan fingerprint density at radius 3 is 1.50 bits per heavy atom. The predicted molar refractivity (Wildman–Crippen MR) is 185 cm³/mol. The number of allylic oxidation sites excluding steroid dienone is 1. The fraction of sp³-hybridized carbons (Fsp3) is 0.771. The molecule has 2 amide bonds. The largest absolute Gasteiger partial charge is 0.371 e. The molecule has 2 rings (SSSR count). The molecule has 1 saturated carbocycles. The second kappa shape index (κ2) is 37.0. The molecule has 2 N–H and O–H groups in total. The van der Waals surface area contributed by atoms with E-state index in [0.717, 1.165) is 43.3 Å². The van der Waals surface area contributed by atoms with Crippen LogP contribution in [-0.2, 0) is 9.59 Å². The van der Waals surface area contributed by atoms with Gasteiger partial charge in [-0.25, -0.2) is 0 Å². The van der Waals surface area contributed by atoms with Gasteiger partial charge in [0.15, 0.2) is 0 Å². The molecule has 1 aliphatic heterocycles. The number of hydrogen-bond donors (Lipinski definition) is 2. The third-order valence-electron chi connectivity index (χ3n) is 5.12. The summed E-state index contributed by atoms with van der Waals surface area (Å²) in [6, 6.07) is 1.10. The van der Waals surface area contributed by atoms with Gasteiger partial charge in [0.25, 0.3) is 0 Å². The number of rotatable bonds is 7. The number of amides is 2. The Morgan fingerprint density at radius 1 is 0.950 bits per heavy atom. The van der Waals surface area contributed by atoms with E-state index in [0.29, 0.717) is 24.0 Å². The van der Waals surface area contributed by atoms with Crippen LogP contribution in [-0.4, -0.2) is 42.9 Å². The van der Waals surface area contributed by atoms with Crippen molar-refractivity contribution in [3.63, 3.8) is 0 Å². The zero-order valence-electron chi connectivity index (χ0n) is 30.0. The van der Waals surface area contributed by atoms with Gasteiger partial charge in [-0.2, -0.15) is 0 Å². The highest BCUT2D eigenvalue weighted by Crippen LogP contribution is 2.25. The quantitative estimate of drug-likeness (QED) is 0.237. The standard InChI is InChI=1S/C10H18N2O.C6H14.C5H10.C4H7NO.C4H10.2C2H6.C2H4/c1-8-4-9(2)12(6-8)10(3)5-11-7-13;1-5-6(2,3)4;1-4-5(2)3;6-3-5-4-1-2-4;1-4(2)3;3*1-2/h7-9H,3-6H2,1-2H3,(H,11,13);5H2,1-4H3;2,4H2,1,3H3;3-4H,1-2H2,(H,5,6);4H,1-3H3;2*1-2H3;1-2H2/t8-,9+;;;;;;;/m0......./s1. The maximum Gasteiger partial charge on any atom is 0.207 e. The Labute approximate surface area is 253 Å². The fourth-order valence-electron chi connectivity index (χ4n) is 2.35. The van der Waals surface area contributed by atoms with Crippen LogP contribution < -0.4 is 10.6 Å². The van der Waals surface area contributed by atoms with Crippen LogP contribution >= 0.6 is 0 Å². The fourth-order valence-corrected chi connectivity index (χ4v) is 2.35. The molecule has 40 heavy (non-hydrogen) atoms. The summed E-state index contributed by atoms with van der Waals surface area (Å²) in [5.74, 6) is 1.57. The summed E-state index contributed by atoms with van der Waals surface area (Å²) in [6.07, 6.45) is 7.44. The van der Waals surface area contributed by atoms with Crippen LogP contribution in [0.2, 0.25) is 0 Å². The van der Waals surface area contributed by atoms with Crippen LogP contribution in [0.4, 0.5) is 0 Å². The molecule has 2 aliphatic rings. The second-order valence-corrected chi connectivity index (χ2v) is 11.4. The topological polar surface area (TPSA) is 61.4 Å². The summed E-state index contributed by atoms with van der Waals surface area (Å²) in [4.78, 5) is 21.9. The Balaban J connectivity index is -0.0000000919. The van der Waals surface area contributed by atoms with Crippen LogP contribution in [0.3, 0.4) is 0 Å². The van der Waals surface area contributed by atoms with E-state index in [4.69, 9.17) is 0 Å². The van der Waals surface area contributed by atoms with Gasteiger partial charge in [-0.05, 0) is 56.8 Å². The summed E-state index contributed by atoms with van der Waals surface area (Å²) in [6.45, 7) is 47.3. The van der Waals surface area contributed by atoms with Gasteiger partial charge in [0.05, 0.1) is 6.54 Å². The van der Waals surface area contributed by atoms with E-state index >= 15 is 0 Å². The lowest BCUT2D eigenvalue weighted by Gasteiger charge is -2.25. The van der Waals surface area contributed by atoms with Crippen molar-refractivity contribution in [2.75, 3.05) is 13.1 Å². The van der Waals surface area contributed by atoms with Gasteiger partial charge in [-0.15, -0.1) is 19.7 Å². The number of likely N-dealkylation sites (tertiary alicyclic amines) is 1. The molecular formula is C35H75N3O2. The summed E-state index contributed by atoms with van der Waals surface area (Å²) in [5.41, 5.74) is 2.81. The lowest BCUT2D eigenvalue weighted by molar-refractivity contribution is -0.110. The number of carbonyl (C=O) groups is 2. The third kappa shape index (κ3) is 52.4. The highest BCUT2D eigenvalue weighted by atomic mass is 16.1. The van der Waals surface area contributed by atoms with Crippen molar-refractivity contribution in [3.8, 4) is 0 Å². The van der Waals surface area contributed by atoms with Crippen LogP contribution in [0.5, 0.6) is 0 Å². The smallest absolute Gasteiger partial charge is 0.207 e. The van der Waals surface area contributed by atoms with Crippen molar-refractivity contribution in [3.05, 3.63) is 37.6 Å². The highest BCUT2D eigenvalue weighted by Gasteiger charge is 2.26. The summed E-state index contributed by atoms with van der Waals surface area (Å²) >= 11 is 0. The van der Waals surface area contributed by atoms with E-state index < -0.39 is 0 Å². The van der Waals surface area contributed by atoms with E-state index in [1.807, 2.05) is 34.6 Å². The second-order valence-electron chi connectivity index (χ2n) is 11.4. The molecule has 242 valence electrons. The minimum Gasteiger partial charge on any atom is -0.371 e. The molecule has 2 fully saturated rings. The molecule has 0 aromatic heterocycles. The first-order valence-corrected chi connectivity index (χ1v) is 15.6. The van der Waals surface area contributed by atoms with Crippen LogP contribution in [0.25, 0.3) is 0 Å².